The number of imide groups is 3. The number of carbonyl (C=O) groups excluding carboxylic acids is 5. The number of fused-ring (bicyclic) bond motifs is 3. The summed E-state index contributed by atoms with van der Waals surface area (Å²) in [5, 5.41) is 10.1. The topological polar surface area (TPSA) is 144 Å². The van der Waals surface area contributed by atoms with Crippen molar-refractivity contribution in [2.24, 2.45) is 23.5 Å². The molecule has 5 rings (SSSR count). The van der Waals surface area contributed by atoms with Gasteiger partial charge in [0.15, 0.2) is 23.1 Å². The number of urea groups is 1. The molecule has 1 fully saturated rings. The molecule has 0 saturated carbocycles. The zero-order valence-corrected chi connectivity index (χ0v) is 19.5. The fourth-order valence-electron chi connectivity index (χ4n) is 5.68. The van der Waals surface area contributed by atoms with Crippen LogP contribution in [0.1, 0.15) is 24.3 Å². The summed E-state index contributed by atoms with van der Waals surface area (Å²) in [7, 11) is 1.40. The number of ether oxygens (including phenoxy) is 1. The lowest BCUT2D eigenvalue weighted by molar-refractivity contribution is -0.136. The van der Waals surface area contributed by atoms with Gasteiger partial charge < -0.3 is 15.6 Å². The SMILES string of the molecule is COc1cc([C@H]2C3=CC[C@@H]4C(=O)N(C(N)=O)C(=O)[C@@H]4[C@@H]3CC3=C2C(=O)C=C(Br)C3=O)ccc1O. The number of phenols is 1. The normalized spacial score (nSPS) is 28.2. The molecule has 0 unspecified atom stereocenters. The molecule has 1 aromatic rings. The highest BCUT2D eigenvalue weighted by molar-refractivity contribution is 9.12. The van der Waals surface area contributed by atoms with E-state index in [2.05, 4.69) is 15.9 Å². The molecule has 3 N–H and O–H groups in total. The van der Waals surface area contributed by atoms with E-state index < -0.39 is 41.5 Å². The van der Waals surface area contributed by atoms with Crippen LogP contribution in [0.5, 0.6) is 11.5 Å². The molecule has 1 aliphatic heterocycles. The van der Waals surface area contributed by atoms with E-state index in [0.29, 0.717) is 21.6 Å². The summed E-state index contributed by atoms with van der Waals surface area (Å²) in [4.78, 5) is 64.4. The quantitative estimate of drug-likeness (QED) is 0.341. The van der Waals surface area contributed by atoms with E-state index in [1.165, 1.54) is 19.3 Å². The second-order valence-corrected chi connectivity index (χ2v) is 9.53. The van der Waals surface area contributed by atoms with Crippen LogP contribution in [0.25, 0.3) is 0 Å². The largest absolute Gasteiger partial charge is 0.504 e. The zero-order valence-electron chi connectivity index (χ0n) is 17.9. The number of aromatic hydroxyl groups is 1. The van der Waals surface area contributed by atoms with E-state index in [1.54, 1.807) is 12.1 Å². The standard InChI is InChI=1S/C24H19BrN2O7/c1-34-17-6-9(2-5-15(17)28)18-10-3-4-11-19(23(32)27(22(11)31)24(26)33)12(10)7-13-20(18)16(29)8-14(25)21(13)30/h2-3,5-6,8,11-12,18-19,28H,4,7H2,1H3,(H2,26,33)/t11-,12+,18-,19-/m0/s1. The third-order valence-electron chi connectivity index (χ3n) is 7.09. The highest BCUT2D eigenvalue weighted by Gasteiger charge is 2.57. The maximum atomic E-state index is 13.1. The average Bonchev–Trinajstić information content (AvgIpc) is 3.06. The molecule has 10 heteroatoms. The summed E-state index contributed by atoms with van der Waals surface area (Å²) in [5.74, 6) is -4.85. The molecule has 0 bridgehead atoms. The molecule has 0 radical (unpaired) electrons. The Hall–Kier alpha value is -3.53. The number of Topliss-reactive ketones (excluding diaryl/α,β-unsaturated/α-hetero) is 1. The number of amides is 4. The molecular weight excluding hydrogens is 508 g/mol. The van der Waals surface area contributed by atoms with E-state index in [0.717, 1.165) is 0 Å². The van der Waals surface area contributed by atoms with Gasteiger partial charge in [0.05, 0.1) is 23.4 Å². The van der Waals surface area contributed by atoms with Gasteiger partial charge in [0.1, 0.15) is 0 Å². The lowest BCUT2D eigenvalue weighted by Gasteiger charge is -2.42. The summed E-state index contributed by atoms with van der Waals surface area (Å²) < 4.78 is 5.36. The zero-order chi connectivity index (χ0) is 24.5. The summed E-state index contributed by atoms with van der Waals surface area (Å²) in [5.41, 5.74) is 7.16. The van der Waals surface area contributed by atoms with Gasteiger partial charge in [-0.3, -0.25) is 19.2 Å². The minimum Gasteiger partial charge on any atom is -0.504 e. The summed E-state index contributed by atoms with van der Waals surface area (Å²) >= 11 is 3.16. The first-order valence-electron chi connectivity index (χ1n) is 10.6. The molecule has 174 valence electrons. The number of ketones is 2. The molecule has 4 atom stereocenters. The number of hydrogen-bond acceptors (Lipinski definition) is 7. The van der Waals surface area contributed by atoms with Crippen molar-refractivity contribution in [3.05, 3.63) is 57.1 Å². The van der Waals surface area contributed by atoms with Gasteiger partial charge in [-0.05, 0) is 52.4 Å². The van der Waals surface area contributed by atoms with Crippen LogP contribution in [-0.2, 0) is 19.2 Å². The Balaban J connectivity index is 1.70. The second-order valence-electron chi connectivity index (χ2n) is 8.68. The fourth-order valence-corrected chi connectivity index (χ4v) is 6.12. The number of allylic oxidation sites excluding steroid dienone is 6. The fraction of sp³-hybridized carbons (Fsp3) is 0.292. The Bertz CT molecular complexity index is 1310. The van der Waals surface area contributed by atoms with Crippen molar-refractivity contribution in [1.29, 1.82) is 0 Å². The van der Waals surface area contributed by atoms with E-state index >= 15 is 0 Å². The Kier molecular flexibility index (Phi) is 5.09. The summed E-state index contributed by atoms with van der Waals surface area (Å²) in [6.45, 7) is 0. The van der Waals surface area contributed by atoms with E-state index in [9.17, 15) is 29.1 Å². The molecule has 1 saturated heterocycles. The summed E-state index contributed by atoms with van der Waals surface area (Å²) in [6, 6.07) is 3.52. The molecule has 0 aromatic heterocycles. The van der Waals surface area contributed by atoms with Gasteiger partial charge in [-0.1, -0.05) is 17.7 Å². The molecular formula is C24H19BrN2O7. The first-order chi connectivity index (χ1) is 16.1. The predicted octanol–water partition coefficient (Wildman–Crippen LogP) is 2.24. The molecule has 4 aliphatic rings. The van der Waals surface area contributed by atoms with Gasteiger partial charge in [-0.2, -0.15) is 4.90 Å². The number of benzene rings is 1. The predicted molar refractivity (Wildman–Crippen MR) is 121 cm³/mol. The third-order valence-corrected chi connectivity index (χ3v) is 7.68. The maximum absolute atomic E-state index is 13.1. The lowest BCUT2D eigenvalue weighted by Crippen LogP contribution is -2.42. The number of phenolic OH excluding ortho intramolecular Hbond substituents is 1. The van der Waals surface area contributed by atoms with Crippen molar-refractivity contribution in [3.63, 3.8) is 0 Å². The van der Waals surface area contributed by atoms with Crippen LogP contribution in [0.3, 0.4) is 0 Å². The van der Waals surface area contributed by atoms with Crippen molar-refractivity contribution in [1.82, 2.24) is 4.90 Å². The first kappa shape index (κ1) is 22.3. The van der Waals surface area contributed by atoms with E-state index in [1.807, 2.05) is 6.08 Å². The van der Waals surface area contributed by atoms with Crippen molar-refractivity contribution < 1.29 is 33.8 Å². The van der Waals surface area contributed by atoms with Crippen LogP contribution in [0.4, 0.5) is 4.79 Å². The van der Waals surface area contributed by atoms with Gasteiger partial charge >= 0.3 is 6.03 Å². The van der Waals surface area contributed by atoms with Crippen LogP contribution in [0.15, 0.2) is 51.6 Å². The Morgan fingerprint density at radius 2 is 1.91 bits per heavy atom. The van der Waals surface area contributed by atoms with Crippen LogP contribution in [0, 0.1) is 17.8 Å². The van der Waals surface area contributed by atoms with Crippen molar-refractivity contribution in [2.75, 3.05) is 7.11 Å². The third kappa shape index (κ3) is 3.01. The van der Waals surface area contributed by atoms with Crippen molar-refractivity contribution in [2.45, 2.75) is 18.8 Å². The lowest BCUT2D eigenvalue weighted by atomic mass is 9.59. The summed E-state index contributed by atoms with van der Waals surface area (Å²) in [6.07, 6.45) is 3.33. The molecule has 0 spiro atoms. The molecule has 9 nitrogen and oxygen atoms in total. The smallest absolute Gasteiger partial charge is 0.328 e. The Morgan fingerprint density at radius 3 is 2.59 bits per heavy atom. The number of rotatable bonds is 2. The minimum atomic E-state index is -1.13. The second kappa shape index (κ2) is 7.76. The van der Waals surface area contributed by atoms with Gasteiger partial charge in [0.2, 0.25) is 11.8 Å². The van der Waals surface area contributed by atoms with E-state index in [-0.39, 0.29) is 46.0 Å². The van der Waals surface area contributed by atoms with Gasteiger partial charge in [0.25, 0.3) is 0 Å². The van der Waals surface area contributed by atoms with Gasteiger partial charge in [-0.15, -0.1) is 0 Å². The van der Waals surface area contributed by atoms with Crippen LogP contribution in [0.2, 0.25) is 0 Å². The van der Waals surface area contributed by atoms with E-state index in [4.69, 9.17) is 10.5 Å². The Labute approximate surface area is 202 Å². The monoisotopic (exact) mass is 526 g/mol. The number of hydrogen-bond donors (Lipinski definition) is 2. The molecule has 1 aromatic carbocycles. The van der Waals surface area contributed by atoms with Crippen LogP contribution < -0.4 is 10.5 Å². The number of nitrogens with two attached hydrogens (primary N) is 1. The van der Waals surface area contributed by atoms with Gasteiger partial charge in [0, 0.05) is 23.1 Å². The van der Waals surface area contributed by atoms with Gasteiger partial charge in [-0.25, -0.2) is 4.79 Å². The van der Waals surface area contributed by atoms with Crippen LogP contribution >= 0.6 is 15.9 Å². The molecule has 34 heavy (non-hydrogen) atoms. The van der Waals surface area contributed by atoms with Crippen molar-refractivity contribution >= 4 is 45.3 Å². The molecule has 4 amide bonds. The number of likely N-dealkylation sites (tertiary alicyclic amines) is 1. The van der Waals surface area contributed by atoms with Crippen LogP contribution in [-0.4, -0.2) is 46.5 Å². The Morgan fingerprint density at radius 1 is 1.18 bits per heavy atom. The maximum Gasteiger partial charge on any atom is 0.328 e. The number of carbonyl (C=O) groups is 5. The first-order valence-corrected chi connectivity index (χ1v) is 11.4. The highest BCUT2D eigenvalue weighted by atomic mass is 79.9. The number of methoxy groups -OCH3 is 1. The average molecular weight is 527 g/mol. The number of halogens is 1. The highest BCUT2D eigenvalue weighted by Crippen LogP contribution is 2.55. The molecule has 1 heterocycles. The molecule has 3 aliphatic carbocycles. The minimum absolute atomic E-state index is 0.0766. The number of nitrogens with zero attached hydrogens (tertiary/aromatic N) is 1. The number of primary amides is 1. The van der Waals surface area contributed by atoms with Crippen molar-refractivity contribution in [3.8, 4) is 11.5 Å².